The third-order valence-corrected chi connectivity index (χ3v) is 1.37. The molecule has 0 saturated carbocycles. The molecule has 0 heterocycles. The summed E-state index contributed by atoms with van der Waals surface area (Å²) in [6.07, 6.45) is 1.95. The van der Waals surface area contributed by atoms with Gasteiger partial charge in [-0.25, -0.2) is 0 Å². The Morgan fingerprint density at radius 2 is 2.00 bits per heavy atom. The Bertz CT molecular complexity index is 20.9. The van der Waals surface area contributed by atoms with Crippen LogP contribution in [0.1, 0.15) is 0 Å². The van der Waals surface area contributed by atoms with Gasteiger partial charge in [0.25, 0.3) is 0 Å². The molecular formula is C3H9OSn. The molecule has 0 unspecified atom stereocenters. The van der Waals surface area contributed by atoms with E-state index < -0.39 is 0 Å². The van der Waals surface area contributed by atoms with Crippen molar-refractivity contribution < 1.29 is 5.48 Å². The van der Waals surface area contributed by atoms with Gasteiger partial charge in [-0.05, 0) is 0 Å². The van der Waals surface area contributed by atoms with Crippen molar-refractivity contribution in [2.75, 3.05) is 0 Å². The van der Waals surface area contributed by atoms with E-state index >= 15 is 0 Å². The summed E-state index contributed by atoms with van der Waals surface area (Å²) in [6.45, 7) is 3.52. The average Bonchev–Trinajstić information content (AvgIpc) is 1.37. The van der Waals surface area contributed by atoms with Crippen molar-refractivity contribution in [1.29, 1.82) is 0 Å². The van der Waals surface area contributed by atoms with Crippen molar-refractivity contribution in [3.05, 3.63) is 12.7 Å². The molecule has 0 aromatic rings. The molecule has 0 saturated heterocycles. The monoisotopic (exact) mass is 181 g/mol. The van der Waals surface area contributed by atoms with Gasteiger partial charge < -0.3 is 5.48 Å². The Kier molecular flexibility index (Phi) is 16.0. The largest absolute Gasteiger partial charge is 0.412 e. The summed E-state index contributed by atoms with van der Waals surface area (Å²) in [4.78, 5) is 0. The van der Waals surface area contributed by atoms with Gasteiger partial charge in [-0.3, -0.25) is 0 Å². The molecule has 0 aromatic carbocycles. The van der Waals surface area contributed by atoms with E-state index in [1.807, 2.05) is 6.08 Å². The van der Waals surface area contributed by atoms with Gasteiger partial charge in [-0.1, -0.05) is 0 Å². The fraction of sp³-hybridized carbons (Fsp3) is 0.333. The molecule has 0 aliphatic carbocycles. The van der Waals surface area contributed by atoms with Gasteiger partial charge in [0.2, 0.25) is 0 Å². The van der Waals surface area contributed by atoms with Crippen molar-refractivity contribution in [3.8, 4) is 0 Å². The zero-order valence-electron chi connectivity index (χ0n) is 3.20. The molecule has 0 rings (SSSR count). The Morgan fingerprint density at radius 3 is 2.00 bits per heavy atom. The first-order chi connectivity index (χ1) is 1.91. The maximum absolute atomic E-state index is 3.52. The topological polar surface area (TPSA) is 31.5 Å². The molecule has 0 aliphatic heterocycles. The SMILES string of the molecule is C=C[CH2][SnH2].O. The normalized spacial score (nSPS) is 5.00. The van der Waals surface area contributed by atoms with Crippen LogP contribution in [0.25, 0.3) is 0 Å². The first-order valence-corrected chi connectivity index (χ1v) is 4.17. The number of rotatable bonds is 1. The molecule has 0 bridgehead atoms. The van der Waals surface area contributed by atoms with E-state index in [1.165, 1.54) is 4.44 Å². The van der Waals surface area contributed by atoms with Crippen molar-refractivity contribution in [2.24, 2.45) is 0 Å². The first kappa shape index (κ1) is 9.09. The molecule has 0 amide bonds. The fourth-order valence-corrected chi connectivity index (χ4v) is 0. The zero-order valence-corrected chi connectivity index (χ0v) is 7.23. The third kappa shape index (κ3) is 12.5. The number of hydrogen-bond acceptors (Lipinski definition) is 0. The minimum Gasteiger partial charge on any atom is -0.412 e. The van der Waals surface area contributed by atoms with Crippen molar-refractivity contribution in [1.82, 2.24) is 0 Å². The summed E-state index contributed by atoms with van der Waals surface area (Å²) in [5, 5.41) is 0. The molecule has 31 valence electrons. The second-order valence-corrected chi connectivity index (χ2v) is 2.23. The summed E-state index contributed by atoms with van der Waals surface area (Å²) < 4.78 is 1.25. The molecule has 0 fully saturated rings. The van der Waals surface area contributed by atoms with Gasteiger partial charge in [0.15, 0.2) is 0 Å². The quantitative estimate of drug-likeness (QED) is 0.381. The summed E-state index contributed by atoms with van der Waals surface area (Å²) in [5.74, 6) is 0. The summed E-state index contributed by atoms with van der Waals surface area (Å²) in [6, 6.07) is 0. The van der Waals surface area contributed by atoms with Gasteiger partial charge in [0.1, 0.15) is 0 Å². The average molecular weight is 180 g/mol. The van der Waals surface area contributed by atoms with Crippen molar-refractivity contribution in [3.63, 3.8) is 0 Å². The predicted octanol–water partition coefficient (Wildman–Crippen LogP) is -0.601. The van der Waals surface area contributed by atoms with Crippen LogP contribution in [0.15, 0.2) is 12.7 Å². The van der Waals surface area contributed by atoms with E-state index in [9.17, 15) is 0 Å². The second-order valence-electron chi connectivity index (χ2n) is 0.577. The maximum Gasteiger partial charge on any atom is -0.412 e. The molecule has 1 nitrogen and oxygen atoms in total. The van der Waals surface area contributed by atoms with E-state index in [0.29, 0.717) is 0 Å². The maximum atomic E-state index is 3.52. The van der Waals surface area contributed by atoms with Gasteiger partial charge in [0, 0.05) is 0 Å². The minimum atomic E-state index is 0. The van der Waals surface area contributed by atoms with Crippen LogP contribution in [-0.2, 0) is 0 Å². The van der Waals surface area contributed by atoms with Crippen LogP contribution in [0.2, 0.25) is 4.44 Å². The van der Waals surface area contributed by atoms with Crippen LogP contribution in [0.3, 0.4) is 0 Å². The second kappa shape index (κ2) is 8.82. The smallest absolute Gasteiger partial charge is 0.412 e. The summed E-state index contributed by atoms with van der Waals surface area (Å²) in [7, 11) is 0. The first-order valence-electron chi connectivity index (χ1n) is 1.32. The molecule has 2 heteroatoms. The van der Waals surface area contributed by atoms with E-state index in [0.717, 1.165) is 22.5 Å². The standard InChI is InChI=1S/C3H5.H2O.Sn.2H/c1-3-2;;;;/h3H,1-2H2;1H2;;;. The summed E-state index contributed by atoms with van der Waals surface area (Å²) in [5.41, 5.74) is 0. The van der Waals surface area contributed by atoms with Crippen LogP contribution in [-0.4, -0.2) is 28.0 Å². The molecule has 2 N–H and O–H groups in total. The van der Waals surface area contributed by atoms with Gasteiger partial charge in [-0.15, -0.1) is 0 Å². The van der Waals surface area contributed by atoms with Gasteiger partial charge >= 0.3 is 39.6 Å². The fourth-order valence-electron chi connectivity index (χ4n) is 0. The Hall–Kier alpha value is 0.499. The minimum absolute atomic E-state index is 0. The van der Waals surface area contributed by atoms with E-state index in [2.05, 4.69) is 6.58 Å². The van der Waals surface area contributed by atoms with Gasteiger partial charge in [-0.2, -0.15) is 0 Å². The van der Waals surface area contributed by atoms with Crippen molar-refractivity contribution >= 4 is 22.5 Å². The zero-order chi connectivity index (χ0) is 3.41. The Morgan fingerprint density at radius 1 is 1.80 bits per heavy atom. The summed E-state index contributed by atoms with van der Waals surface area (Å²) >= 11 is 1.09. The molecule has 0 aliphatic rings. The van der Waals surface area contributed by atoms with Crippen LogP contribution >= 0.6 is 0 Å². The van der Waals surface area contributed by atoms with E-state index in [-0.39, 0.29) is 5.48 Å². The molecule has 0 spiro atoms. The van der Waals surface area contributed by atoms with E-state index in [1.54, 1.807) is 0 Å². The number of allylic oxidation sites excluding steroid dienone is 1. The Balaban J connectivity index is 0. The molecule has 0 atom stereocenters. The third-order valence-electron chi connectivity index (χ3n) is 0.204. The van der Waals surface area contributed by atoms with Crippen LogP contribution < -0.4 is 0 Å². The van der Waals surface area contributed by atoms with Crippen molar-refractivity contribution in [2.45, 2.75) is 4.44 Å². The van der Waals surface area contributed by atoms with Crippen LogP contribution in [0.5, 0.6) is 0 Å². The van der Waals surface area contributed by atoms with E-state index in [4.69, 9.17) is 0 Å². The molecule has 5 heavy (non-hydrogen) atoms. The predicted molar refractivity (Wildman–Crippen MR) is 27.2 cm³/mol. The van der Waals surface area contributed by atoms with Crippen LogP contribution in [0, 0.1) is 0 Å². The Labute approximate surface area is 45.5 Å². The van der Waals surface area contributed by atoms with Gasteiger partial charge in [0.05, 0.1) is 0 Å². The molecule has 0 aromatic heterocycles. The molecule has 1 radical (unpaired) electrons. The number of hydrogen-bond donors (Lipinski definition) is 0. The van der Waals surface area contributed by atoms with Crippen LogP contribution in [0.4, 0.5) is 0 Å². The molecular weight excluding hydrogens is 171 g/mol.